The molecule has 1 aromatic rings. The highest BCUT2D eigenvalue weighted by Crippen LogP contribution is 2.24. The maximum Gasteiger partial charge on any atom is 0.242 e. The summed E-state index contributed by atoms with van der Waals surface area (Å²) >= 11 is 8.29. The van der Waals surface area contributed by atoms with Crippen molar-refractivity contribution in [1.29, 1.82) is 0 Å². The molecule has 0 aliphatic rings. The molecule has 0 aliphatic heterocycles. The fourth-order valence-electron chi connectivity index (χ4n) is 1.45. The molecule has 0 fully saturated rings. The van der Waals surface area contributed by atoms with Gasteiger partial charge in [0.05, 0.1) is 10.7 Å². The quantitative estimate of drug-likeness (QED) is 0.584. The van der Waals surface area contributed by atoms with Gasteiger partial charge in [-0.05, 0) is 54.1 Å². The van der Waals surface area contributed by atoms with Gasteiger partial charge in [-0.1, -0.05) is 24.9 Å². The number of rotatable bonds is 6. The van der Waals surface area contributed by atoms with Gasteiger partial charge in [0.25, 0.3) is 0 Å². The Morgan fingerprint density at radius 1 is 1.50 bits per heavy atom. The van der Waals surface area contributed by atoms with E-state index in [4.69, 9.17) is 11.6 Å². The van der Waals surface area contributed by atoms with Crippen LogP contribution in [0, 0.1) is 3.57 Å². The number of nitrogens with one attached hydrogen (secondary N) is 2. The van der Waals surface area contributed by atoms with Crippen LogP contribution in [0.3, 0.4) is 0 Å². The zero-order valence-electron chi connectivity index (χ0n) is 10.6. The maximum atomic E-state index is 11.8. The second-order valence-corrected chi connectivity index (χ2v) is 5.79. The molecular formula is C13H18ClIN2O. The van der Waals surface area contributed by atoms with Gasteiger partial charge >= 0.3 is 0 Å². The molecule has 0 spiro atoms. The van der Waals surface area contributed by atoms with Crippen LogP contribution in [0.5, 0.6) is 0 Å². The van der Waals surface area contributed by atoms with Crippen LogP contribution in [0.4, 0.5) is 5.69 Å². The van der Waals surface area contributed by atoms with Crippen LogP contribution in [-0.4, -0.2) is 18.5 Å². The van der Waals surface area contributed by atoms with Gasteiger partial charge in [0.2, 0.25) is 5.91 Å². The van der Waals surface area contributed by atoms with Crippen molar-refractivity contribution in [2.24, 2.45) is 0 Å². The number of carbonyl (C=O) groups is 1. The molecule has 0 aliphatic carbocycles. The van der Waals surface area contributed by atoms with Crippen molar-refractivity contribution in [3.8, 4) is 0 Å². The van der Waals surface area contributed by atoms with Crippen molar-refractivity contribution < 1.29 is 4.79 Å². The van der Waals surface area contributed by atoms with Gasteiger partial charge in [-0.3, -0.25) is 4.79 Å². The highest BCUT2D eigenvalue weighted by molar-refractivity contribution is 14.1. The topological polar surface area (TPSA) is 41.1 Å². The summed E-state index contributed by atoms with van der Waals surface area (Å²) in [6, 6.07) is 5.39. The predicted molar refractivity (Wildman–Crippen MR) is 85.2 cm³/mol. The first-order valence-corrected chi connectivity index (χ1v) is 7.49. The summed E-state index contributed by atoms with van der Waals surface area (Å²) in [5, 5.41) is 6.65. The first-order valence-electron chi connectivity index (χ1n) is 6.04. The number of unbranched alkanes of at least 4 members (excludes halogenated alkanes) is 1. The molecule has 0 bridgehead atoms. The molecule has 0 saturated carbocycles. The van der Waals surface area contributed by atoms with Gasteiger partial charge in [0.1, 0.15) is 6.04 Å². The summed E-state index contributed by atoms with van der Waals surface area (Å²) in [4.78, 5) is 11.8. The normalized spacial score (nSPS) is 12.0. The van der Waals surface area contributed by atoms with E-state index in [-0.39, 0.29) is 11.9 Å². The van der Waals surface area contributed by atoms with Crippen molar-refractivity contribution in [3.05, 3.63) is 26.8 Å². The molecule has 18 heavy (non-hydrogen) atoms. The van der Waals surface area contributed by atoms with Crippen molar-refractivity contribution in [3.63, 3.8) is 0 Å². The van der Waals surface area contributed by atoms with E-state index in [1.165, 1.54) is 0 Å². The number of benzene rings is 1. The zero-order chi connectivity index (χ0) is 13.5. The summed E-state index contributed by atoms with van der Waals surface area (Å²) < 4.78 is 1.08. The van der Waals surface area contributed by atoms with Crippen LogP contribution < -0.4 is 10.6 Å². The minimum Gasteiger partial charge on any atom is -0.373 e. The van der Waals surface area contributed by atoms with E-state index in [1.54, 1.807) is 0 Å². The minimum atomic E-state index is -0.294. The SMILES string of the molecule is CCCCNC(=O)C(C)Nc1cc(I)ccc1Cl. The first-order chi connectivity index (χ1) is 8.54. The predicted octanol–water partition coefficient (Wildman–Crippen LogP) is 3.66. The van der Waals surface area contributed by atoms with Crippen LogP contribution in [0.2, 0.25) is 5.02 Å². The maximum absolute atomic E-state index is 11.8. The van der Waals surface area contributed by atoms with Gasteiger partial charge in [-0.25, -0.2) is 0 Å². The molecule has 0 radical (unpaired) electrons. The Labute approximate surface area is 127 Å². The van der Waals surface area contributed by atoms with Crippen molar-refractivity contribution in [1.82, 2.24) is 5.32 Å². The second-order valence-electron chi connectivity index (χ2n) is 4.13. The van der Waals surface area contributed by atoms with E-state index in [9.17, 15) is 4.79 Å². The van der Waals surface area contributed by atoms with E-state index in [2.05, 4.69) is 40.1 Å². The van der Waals surface area contributed by atoms with Crippen LogP contribution in [0.15, 0.2) is 18.2 Å². The Hall–Kier alpha value is -0.490. The van der Waals surface area contributed by atoms with Crippen molar-refractivity contribution >= 4 is 45.8 Å². The fourth-order valence-corrected chi connectivity index (χ4v) is 2.11. The molecule has 0 aromatic heterocycles. The monoisotopic (exact) mass is 380 g/mol. The van der Waals surface area contributed by atoms with Crippen molar-refractivity contribution in [2.75, 3.05) is 11.9 Å². The van der Waals surface area contributed by atoms with E-state index in [1.807, 2.05) is 25.1 Å². The van der Waals surface area contributed by atoms with Crippen LogP contribution in [0.1, 0.15) is 26.7 Å². The summed E-state index contributed by atoms with van der Waals surface area (Å²) in [7, 11) is 0. The first kappa shape index (κ1) is 15.6. The zero-order valence-corrected chi connectivity index (χ0v) is 13.5. The number of amides is 1. The highest BCUT2D eigenvalue weighted by atomic mass is 127. The van der Waals surface area contributed by atoms with Gasteiger partial charge in [-0.2, -0.15) is 0 Å². The largest absolute Gasteiger partial charge is 0.373 e. The Kier molecular flexibility index (Phi) is 6.78. The Morgan fingerprint density at radius 3 is 2.89 bits per heavy atom. The third-order valence-electron chi connectivity index (χ3n) is 2.52. The molecule has 1 atom stereocenters. The molecule has 2 N–H and O–H groups in total. The summed E-state index contributed by atoms with van der Waals surface area (Å²) in [5.74, 6) is -0.00150. The number of hydrogen-bond donors (Lipinski definition) is 2. The summed E-state index contributed by atoms with van der Waals surface area (Å²) in [6.45, 7) is 4.65. The van der Waals surface area contributed by atoms with Gasteiger partial charge in [0.15, 0.2) is 0 Å². The molecule has 1 rings (SSSR count). The third kappa shape index (κ3) is 5.02. The molecule has 3 nitrogen and oxygen atoms in total. The Bertz CT molecular complexity index is 412. The molecule has 5 heteroatoms. The van der Waals surface area contributed by atoms with E-state index in [0.29, 0.717) is 5.02 Å². The number of halogens is 2. The summed E-state index contributed by atoms with van der Waals surface area (Å²) in [6.07, 6.45) is 2.08. The van der Waals surface area contributed by atoms with E-state index < -0.39 is 0 Å². The highest BCUT2D eigenvalue weighted by Gasteiger charge is 2.13. The van der Waals surface area contributed by atoms with Crippen LogP contribution in [-0.2, 0) is 4.79 Å². The number of hydrogen-bond acceptors (Lipinski definition) is 2. The molecule has 100 valence electrons. The lowest BCUT2D eigenvalue weighted by Crippen LogP contribution is -2.38. The van der Waals surface area contributed by atoms with Gasteiger partial charge in [0, 0.05) is 10.1 Å². The lowest BCUT2D eigenvalue weighted by atomic mass is 10.2. The minimum absolute atomic E-state index is 0.00150. The van der Waals surface area contributed by atoms with Crippen LogP contribution in [0.25, 0.3) is 0 Å². The van der Waals surface area contributed by atoms with E-state index >= 15 is 0 Å². The average Bonchev–Trinajstić information content (AvgIpc) is 2.34. The molecule has 1 unspecified atom stereocenters. The number of anilines is 1. The molecule has 0 saturated heterocycles. The molecule has 1 aromatic carbocycles. The lowest BCUT2D eigenvalue weighted by molar-refractivity contribution is -0.121. The third-order valence-corrected chi connectivity index (χ3v) is 3.52. The molecule has 1 amide bonds. The molecule has 0 heterocycles. The van der Waals surface area contributed by atoms with E-state index in [0.717, 1.165) is 28.6 Å². The second kappa shape index (κ2) is 7.84. The standard InChI is InChI=1S/C13H18ClIN2O/c1-3-4-7-16-13(18)9(2)17-12-8-10(15)5-6-11(12)14/h5-6,8-9,17H,3-4,7H2,1-2H3,(H,16,18). The lowest BCUT2D eigenvalue weighted by Gasteiger charge is -2.16. The Morgan fingerprint density at radius 2 is 2.22 bits per heavy atom. The molecular weight excluding hydrogens is 363 g/mol. The Balaban J connectivity index is 2.55. The number of carbonyl (C=O) groups excluding carboxylic acids is 1. The smallest absolute Gasteiger partial charge is 0.242 e. The van der Waals surface area contributed by atoms with Gasteiger partial charge < -0.3 is 10.6 Å². The fraction of sp³-hybridized carbons (Fsp3) is 0.462. The average molecular weight is 381 g/mol. The summed E-state index contributed by atoms with van der Waals surface area (Å²) in [5.41, 5.74) is 0.793. The van der Waals surface area contributed by atoms with Crippen LogP contribution >= 0.6 is 34.2 Å². The van der Waals surface area contributed by atoms with Crippen molar-refractivity contribution in [2.45, 2.75) is 32.7 Å². The van der Waals surface area contributed by atoms with Gasteiger partial charge in [-0.15, -0.1) is 0 Å².